The summed E-state index contributed by atoms with van der Waals surface area (Å²) in [5.41, 5.74) is -0.103. The average molecular weight is 717 g/mol. The van der Waals surface area contributed by atoms with Crippen LogP contribution in [0.2, 0.25) is 13.1 Å². The molecular weight excluding hydrogens is 663 g/mol. The van der Waals surface area contributed by atoms with Crippen LogP contribution in [0.4, 0.5) is 5.69 Å². The second-order valence-electron chi connectivity index (χ2n) is 12.8. The fourth-order valence-corrected chi connectivity index (χ4v) is 8.72. The van der Waals surface area contributed by atoms with Gasteiger partial charge in [0, 0.05) is 25.2 Å². The van der Waals surface area contributed by atoms with E-state index in [0.29, 0.717) is 31.4 Å². The lowest BCUT2D eigenvalue weighted by atomic mass is 9.66. The maximum Gasteiger partial charge on any atom is 0.362 e. The van der Waals surface area contributed by atoms with E-state index >= 15 is 0 Å². The first-order valence-electron chi connectivity index (χ1n) is 16.3. The summed E-state index contributed by atoms with van der Waals surface area (Å²) in [7, 11) is -5.15. The number of benzene rings is 1. The number of β-lactam (4-membered cyclic amide) rings is 1. The Kier molecular flexibility index (Phi) is 16.8. The number of non-ortho nitro benzene ring substituents is 1. The van der Waals surface area contributed by atoms with Crippen LogP contribution in [0.3, 0.4) is 0 Å². The largest absolute Gasteiger partial charge is 0.456 e. The second kappa shape index (κ2) is 19.2. The molecule has 3 atom stereocenters. The summed E-state index contributed by atoms with van der Waals surface area (Å²) in [6, 6.07) is 4.96. The van der Waals surface area contributed by atoms with Crippen LogP contribution in [0.15, 0.2) is 24.3 Å². The molecule has 2 rings (SSSR count). The van der Waals surface area contributed by atoms with Gasteiger partial charge >= 0.3 is 5.97 Å². The molecule has 0 aromatic heterocycles. The maximum atomic E-state index is 14.5. The highest BCUT2D eigenvalue weighted by Gasteiger charge is 2.58. The van der Waals surface area contributed by atoms with E-state index in [1.165, 1.54) is 29.2 Å². The van der Waals surface area contributed by atoms with Crippen LogP contribution < -0.4 is 0 Å². The van der Waals surface area contributed by atoms with E-state index in [1.54, 1.807) is 6.26 Å². The summed E-state index contributed by atoms with van der Waals surface area (Å²) >= 11 is 1.07. The first kappa shape index (κ1) is 41.1. The lowest BCUT2D eigenvalue weighted by Gasteiger charge is -2.53. The fourth-order valence-electron chi connectivity index (χ4n) is 5.13. The minimum Gasteiger partial charge on any atom is -0.456 e. The number of esters is 1. The minimum absolute atomic E-state index is 0.00226. The third-order valence-corrected chi connectivity index (χ3v) is 11.6. The van der Waals surface area contributed by atoms with Crippen LogP contribution in [-0.4, -0.2) is 80.0 Å². The Morgan fingerprint density at radius 2 is 1.55 bits per heavy atom. The smallest absolute Gasteiger partial charge is 0.362 e. The first-order chi connectivity index (χ1) is 22.2. The fraction of sp³-hybridized carbons (Fsp3) is 0.688. The molecule has 1 saturated heterocycles. The van der Waals surface area contributed by atoms with E-state index in [1.807, 2.05) is 41.5 Å². The van der Waals surface area contributed by atoms with Crippen molar-refractivity contribution in [3.63, 3.8) is 0 Å². The van der Waals surface area contributed by atoms with Gasteiger partial charge in [0.1, 0.15) is 6.61 Å². The van der Waals surface area contributed by atoms with Crippen molar-refractivity contribution >= 4 is 56.5 Å². The van der Waals surface area contributed by atoms with Gasteiger partial charge < -0.3 is 22.7 Å². The van der Waals surface area contributed by atoms with Crippen molar-refractivity contribution in [1.29, 1.82) is 0 Å². The van der Waals surface area contributed by atoms with Crippen molar-refractivity contribution in [2.45, 2.75) is 93.0 Å². The first-order valence-corrected chi connectivity index (χ1v) is 21.8. The van der Waals surface area contributed by atoms with Gasteiger partial charge in [-0.2, -0.15) is 0 Å². The molecule has 1 heterocycles. The molecule has 0 radical (unpaired) electrons. The molecule has 15 heteroatoms. The zero-order chi connectivity index (χ0) is 35.4. The van der Waals surface area contributed by atoms with Crippen molar-refractivity contribution in [3.05, 3.63) is 39.9 Å². The Morgan fingerprint density at radius 3 is 1.98 bits per heavy atom. The van der Waals surface area contributed by atoms with Gasteiger partial charge in [-0.1, -0.05) is 53.3 Å². The van der Waals surface area contributed by atoms with Crippen LogP contribution in [0.25, 0.3) is 0 Å². The highest BCUT2D eigenvalue weighted by molar-refractivity contribution is 8.13. The maximum absolute atomic E-state index is 14.5. The number of nitro benzene ring substituents is 1. The van der Waals surface area contributed by atoms with E-state index in [2.05, 4.69) is 13.1 Å². The van der Waals surface area contributed by atoms with Crippen molar-refractivity contribution in [3.8, 4) is 0 Å². The van der Waals surface area contributed by atoms with Crippen LogP contribution in [0, 0.1) is 27.4 Å². The Balaban J connectivity index is 2.78. The zero-order valence-electron chi connectivity index (χ0n) is 29.3. The Hall–Kier alpha value is -2.06. The number of ether oxygens (including phenoxy) is 1. The molecule has 0 saturated carbocycles. The van der Waals surface area contributed by atoms with E-state index in [9.17, 15) is 24.5 Å². The quantitative estimate of drug-likeness (QED) is 0.0361. The third kappa shape index (κ3) is 11.2. The summed E-state index contributed by atoms with van der Waals surface area (Å²) in [4.78, 5) is 53.8. The molecule has 1 aliphatic heterocycles. The molecule has 47 heavy (non-hydrogen) atoms. The normalized spacial score (nSPS) is 17.4. The number of carbonyl (C=O) groups is 3. The summed E-state index contributed by atoms with van der Waals surface area (Å²) in [6.07, 6.45) is 3.45. The number of carbonyl (C=O) groups excluding carboxylic acids is 3. The molecule has 0 spiro atoms. The number of rotatable bonds is 20. The minimum atomic E-state index is -3.72. The molecule has 1 fully saturated rings. The predicted molar refractivity (Wildman–Crippen MR) is 189 cm³/mol. The van der Waals surface area contributed by atoms with Gasteiger partial charge in [0.2, 0.25) is 11.3 Å². The van der Waals surface area contributed by atoms with Crippen LogP contribution in [0.5, 0.6) is 0 Å². The zero-order valence-corrected chi connectivity index (χ0v) is 32.2. The van der Waals surface area contributed by atoms with Crippen molar-refractivity contribution < 1.29 is 42.0 Å². The van der Waals surface area contributed by atoms with Crippen LogP contribution in [0.1, 0.15) is 72.8 Å². The van der Waals surface area contributed by atoms with Gasteiger partial charge in [-0.05, 0) is 67.6 Å². The SMILES string of the molecule is CCCOP(OCCC)(OCCC)=C(C(=O)OCc1ccc([N+](=O)[O-])cc1)N1C(=O)C(C(CO[SiH](C)C)C(C)(C)C)C1CC(=O)SC. The molecule has 1 aromatic rings. The molecule has 1 aliphatic rings. The topological polar surface area (TPSA) is 144 Å². The van der Waals surface area contributed by atoms with Crippen molar-refractivity contribution in [2.75, 3.05) is 32.7 Å². The van der Waals surface area contributed by atoms with E-state index < -0.39 is 39.5 Å². The molecule has 0 N–H and O–H groups in total. The molecule has 0 bridgehead atoms. The van der Waals surface area contributed by atoms with Gasteiger partial charge in [-0.3, -0.25) is 24.6 Å². The number of thioether (sulfide) groups is 1. The molecule has 0 aliphatic carbocycles. The van der Waals surface area contributed by atoms with Gasteiger partial charge in [-0.25, -0.2) is 4.79 Å². The lowest BCUT2D eigenvalue weighted by molar-refractivity contribution is -0.384. The molecule has 1 amide bonds. The summed E-state index contributed by atoms with van der Waals surface area (Å²) in [5.74, 6) is -2.06. The highest BCUT2D eigenvalue weighted by Crippen LogP contribution is 2.56. The number of nitrogens with zero attached hydrogens (tertiary/aromatic N) is 2. The van der Waals surface area contributed by atoms with Crippen molar-refractivity contribution in [2.24, 2.45) is 17.3 Å². The number of hydrogen-bond donors (Lipinski definition) is 0. The summed E-state index contributed by atoms with van der Waals surface area (Å²) < 4.78 is 31.0. The second-order valence-corrected chi connectivity index (χ2v) is 18.2. The van der Waals surface area contributed by atoms with Crippen LogP contribution >= 0.6 is 19.3 Å². The Morgan fingerprint density at radius 1 is 1.02 bits per heavy atom. The Bertz CT molecular complexity index is 1240. The van der Waals surface area contributed by atoms with Crippen LogP contribution in [-0.2, 0) is 43.7 Å². The van der Waals surface area contributed by atoms with Gasteiger partial charge in [-0.15, -0.1) is 0 Å². The lowest BCUT2D eigenvalue weighted by Crippen LogP contribution is -2.68. The molecule has 1 aromatic carbocycles. The number of hydrogen-bond acceptors (Lipinski definition) is 11. The van der Waals surface area contributed by atoms with E-state index in [0.717, 1.165) is 11.8 Å². The Labute approximate surface area is 285 Å². The number of amides is 1. The summed E-state index contributed by atoms with van der Waals surface area (Å²) in [6.45, 7) is 16.7. The summed E-state index contributed by atoms with van der Waals surface area (Å²) in [5, 5.41) is 11.0. The molecule has 3 unspecified atom stereocenters. The van der Waals surface area contributed by atoms with E-state index in [4.69, 9.17) is 22.7 Å². The molecular formula is C32H53N2O10PSSi. The highest BCUT2D eigenvalue weighted by atomic mass is 32.2. The predicted octanol–water partition coefficient (Wildman–Crippen LogP) is 6.58. The van der Waals surface area contributed by atoms with Gasteiger partial charge in [0.15, 0.2) is 14.2 Å². The molecule has 266 valence electrons. The number of likely N-dealkylation sites (tertiary alicyclic amines) is 1. The van der Waals surface area contributed by atoms with Gasteiger partial charge in [0.25, 0.3) is 13.3 Å². The monoisotopic (exact) mass is 716 g/mol. The molecule has 12 nitrogen and oxygen atoms in total. The van der Waals surface area contributed by atoms with Crippen molar-refractivity contribution in [1.82, 2.24) is 4.90 Å². The van der Waals surface area contributed by atoms with E-state index in [-0.39, 0.29) is 66.3 Å². The third-order valence-electron chi connectivity index (χ3n) is 7.61. The van der Waals surface area contributed by atoms with Gasteiger partial charge in [0.05, 0.1) is 36.7 Å². The average Bonchev–Trinajstić information content (AvgIpc) is 3.03. The number of nitro groups is 1. The standard InChI is InChI=1S/C32H53N2O10PSSi/c1-10-17-41-45(42-18-11-2,43-19-12-3)30(31(37)40-21-23-13-15-24(16-14-23)34(38)39)33-26(20-27(35)46-7)28(29(33)36)25(32(4,5)6)22-44-47(8)9/h13-16,25-26,28,47H,10-12,17-22H2,1-9H3.